The predicted octanol–water partition coefficient (Wildman–Crippen LogP) is -2.44. The van der Waals surface area contributed by atoms with E-state index in [4.69, 9.17) is 39.6 Å². The molecular formula is C27H45IN6O12. The first-order valence-corrected chi connectivity index (χ1v) is 16.3. The molecule has 18 nitrogen and oxygen atoms in total. The van der Waals surface area contributed by atoms with Crippen LogP contribution in [0.4, 0.5) is 0 Å². The Hall–Kier alpha value is -2.82. The van der Waals surface area contributed by atoms with E-state index in [0.717, 1.165) is 18.9 Å². The van der Waals surface area contributed by atoms with E-state index >= 15 is 0 Å². The second kappa shape index (κ2) is 21.9. The highest BCUT2D eigenvalue weighted by Crippen LogP contribution is 2.29. The lowest BCUT2D eigenvalue weighted by Crippen LogP contribution is -2.65. The molecular weight excluding hydrogens is 727 g/mol. The summed E-state index contributed by atoms with van der Waals surface area (Å²) in [5.74, 6) is -4.09. The molecule has 262 valence electrons. The Labute approximate surface area is 280 Å². The molecule has 1 heterocycles. The minimum absolute atomic E-state index is 0.137. The van der Waals surface area contributed by atoms with E-state index in [2.05, 4.69) is 43.9 Å². The number of nitrogens with one attached hydrogen (secondary N) is 5. The lowest BCUT2D eigenvalue weighted by atomic mass is 9.91. The number of carbonyl (C=O) groups is 4. The zero-order chi connectivity index (χ0) is 33.9. The van der Waals surface area contributed by atoms with Crippen LogP contribution in [0.15, 0.2) is 11.8 Å². The van der Waals surface area contributed by atoms with Crippen LogP contribution >= 0.6 is 22.6 Å². The molecule has 0 aromatic carbocycles. The van der Waals surface area contributed by atoms with E-state index in [9.17, 15) is 29.4 Å². The number of aliphatic carboxylic acids is 1. The molecule has 5 atom stereocenters. The molecule has 1 aliphatic heterocycles. The number of aliphatic hydroxyl groups is 1. The third kappa shape index (κ3) is 15.6. The molecule has 0 spiro atoms. The summed E-state index contributed by atoms with van der Waals surface area (Å²) in [6.45, 7) is 3.12. The number of nitrogens with two attached hydrogens (primary N) is 1. The molecule has 9 N–H and O–H groups in total. The van der Waals surface area contributed by atoms with Crippen molar-refractivity contribution in [2.45, 2.75) is 50.2 Å². The van der Waals surface area contributed by atoms with Crippen LogP contribution in [0.2, 0.25) is 0 Å². The van der Waals surface area contributed by atoms with E-state index in [1.54, 1.807) is 0 Å². The van der Waals surface area contributed by atoms with Crippen LogP contribution in [-0.4, -0.2) is 141 Å². The van der Waals surface area contributed by atoms with Gasteiger partial charge in [0.25, 0.3) is 0 Å². The average molecular weight is 773 g/mol. The van der Waals surface area contributed by atoms with Crippen molar-refractivity contribution in [2.75, 3.05) is 70.6 Å². The van der Waals surface area contributed by atoms with E-state index in [1.165, 1.54) is 6.92 Å². The van der Waals surface area contributed by atoms with Crippen molar-refractivity contribution in [1.82, 2.24) is 21.3 Å². The van der Waals surface area contributed by atoms with Crippen molar-refractivity contribution in [3.05, 3.63) is 11.8 Å². The molecule has 46 heavy (non-hydrogen) atoms. The average Bonchev–Trinajstić information content (AvgIpc) is 3.85. The van der Waals surface area contributed by atoms with Crippen molar-refractivity contribution in [3.8, 4) is 0 Å². The van der Waals surface area contributed by atoms with Gasteiger partial charge < -0.3 is 65.6 Å². The minimum atomic E-state index is -1.50. The van der Waals surface area contributed by atoms with Crippen LogP contribution in [0.5, 0.6) is 0 Å². The van der Waals surface area contributed by atoms with Crippen LogP contribution in [-0.2, 0) is 47.6 Å². The first-order chi connectivity index (χ1) is 22.0. The normalized spacial score (nSPS) is 20.4. The molecule has 1 aliphatic carbocycles. The lowest BCUT2D eigenvalue weighted by molar-refractivity contribution is -0.156. The first-order valence-electron chi connectivity index (χ1n) is 14.7. The molecule has 0 aromatic heterocycles. The number of halogens is 1. The second-order valence-corrected chi connectivity index (χ2v) is 10.9. The van der Waals surface area contributed by atoms with Gasteiger partial charge in [-0.15, -0.1) is 0 Å². The van der Waals surface area contributed by atoms with Gasteiger partial charge in [0.1, 0.15) is 18.8 Å². The summed E-state index contributed by atoms with van der Waals surface area (Å²) in [7, 11) is 0. The predicted molar refractivity (Wildman–Crippen MR) is 169 cm³/mol. The molecule has 2 rings (SSSR count). The number of carboxylic acids is 1. The summed E-state index contributed by atoms with van der Waals surface area (Å²) in [4.78, 5) is 48.8. The summed E-state index contributed by atoms with van der Waals surface area (Å²) in [5.41, 5.74) is 5.49. The summed E-state index contributed by atoms with van der Waals surface area (Å²) in [6.07, 6.45) is -1.75. The number of aliphatic hydroxyl groups excluding tert-OH is 1. The summed E-state index contributed by atoms with van der Waals surface area (Å²) in [5, 5.41) is 38.8. The van der Waals surface area contributed by atoms with Gasteiger partial charge in [0.05, 0.1) is 62.9 Å². The molecule has 0 radical (unpaired) electrons. The van der Waals surface area contributed by atoms with Crippen molar-refractivity contribution in [2.24, 2.45) is 11.7 Å². The minimum Gasteiger partial charge on any atom is -0.478 e. The maximum Gasteiger partial charge on any atom is 0.370 e. The van der Waals surface area contributed by atoms with Crippen LogP contribution in [0, 0.1) is 11.3 Å². The van der Waals surface area contributed by atoms with Crippen LogP contribution in [0.1, 0.15) is 19.8 Å². The van der Waals surface area contributed by atoms with Crippen LogP contribution in [0.25, 0.3) is 0 Å². The fourth-order valence-corrected chi connectivity index (χ4v) is 4.59. The molecule has 0 aromatic rings. The van der Waals surface area contributed by atoms with Crippen LogP contribution < -0.4 is 27.0 Å². The van der Waals surface area contributed by atoms with Crippen molar-refractivity contribution in [1.29, 1.82) is 5.41 Å². The summed E-state index contributed by atoms with van der Waals surface area (Å²) >= 11 is 2.11. The van der Waals surface area contributed by atoms with Crippen molar-refractivity contribution >= 4 is 52.2 Å². The van der Waals surface area contributed by atoms with Gasteiger partial charge >= 0.3 is 5.97 Å². The molecule has 2 aliphatic rings. The van der Waals surface area contributed by atoms with Gasteiger partial charge in [-0.1, -0.05) is 22.6 Å². The number of hydrogen-bond donors (Lipinski definition) is 8. The van der Waals surface area contributed by atoms with E-state index < -0.39 is 66.5 Å². The van der Waals surface area contributed by atoms with Gasteiger partial charge in [0, 0.05) is 25.9 Å². The van der Waals surface area contributed by atoms with Gasteiger partial charge in [-0.25, -0.2) is 4.79 Å². The first kappa shape index (κ1) is 39.4. The lowest BCUT2D eigenvalue weighted by Gasteiger charge is -2.41. The fraction of sp³-hybridized carbons (Fsp3) is 0.741. The number of alkyl halides is 1. The van der Waals surface area contributed by atoms with E-state index in [-0.39, 0.29) is 31.5 Å². The quantitative estimate of drug-likeness (QED) is 0.0167. The Morgan fingerprint density at radius 2 is 1.63 bits per heavy atom. The number of hydrogen-bond acceptors (Lipinski definition) is 12. The SMILES string of the molecule is CC(=O)N[C@H]1[C@H]([C@H](OCC(=O)NCCOCCOCCOCCOCI)[C@H](O)CNC(=O)C2CC2)OC(C(=O)O)=C[C@@H]1NC(=N)N. The highest BCUT2D eigenvalue weighted by molar-refractivity contribution is 14.1. The fourth-order valence-electron chi connectivity index (χ4n) is 4.28. The number of carboxylic acid groups (broad SMARTS) is 1. The second-order valence-electron chi connectivity index (χ2n) is 10.3. The standard InChI is InChI=1S/C27H45IN6O12/c1-16(35)33-22-18(34-27(29)30)12-20(26(39)40)46-24(22)23(19(36)13-32-25(38)17-2-3-17)45-14-21(37)31-4-5-41-6-7-42-8-9-43-10-11-44-15-28/h12,17-19,22-24,36H,2-11,13-15H2,1H3,(H,31,37)(H,32,38)(H,33,35)(H,39,40)(H4,29,30,34)/t18-,19+,22+,23+,24+/m0/s1. The highest BCUT2D eigenvalue weighted by Gasteiger charge is 2.45. The maximum absolute atomic E-state index is 12.6. The molecule has 0 unspecified atom stereocenters. The Balaban J connectivity index is 1.94. The topological polar surface area (TPSA) is 262 Å². The largest absolute Gasteiger partial charge is 0.478 e. The van der Waals surface area contributed by atoms with E-state index in [1.807, 2.05) is 0 Å². The zero-order valence-electron chi connectivity index (χ0n) is 25.7. The van der Waals surface area contributed by atoms with Gasteiger partial charge in [-0.05, 0) is 18.9 Å². The molecule has 0 bridgehead atoms. The van der Waals surface area contributed by atoms with Gasteiger partial charge in [-0.3, -0.25) is 19.8 Å². The monoisotopic (exact) mass is 772 g/mol. The maximum atomic E-state index is 12.6. The zero-order valence-corrected chi connectivity index (χ0v) is 27.8. The molecule has 0 saturated heterocycles. The van der Waals surface area contributed by atoms with Crippen molar-refractivity contribution < 1.29 is 57.8 Å². The number of rotatable bonds is 24. The highest BCUT2D eigenvalue weighted by atomic mass is 127. The third-order valence-corrected chi connectivity index (χ3v) is 6.98. The molecule has 1 saturated carbocycles. The van der Waals surface area contributed by atoms with E-state index in [0.29, 0.717) is 44.3 Å². The smallest absolute Gasteiger partial charge is 0.370 e. The molecule has 1 fully saturated rings. The Morgan fingerprint density at radius 3 is 2.17 bits per heavy atom. The number of carbonyl (C=O) groups excluding carboxylic acids is 3. The van der Waals surface area contributed by atoms with Crippen LogP contribution in [0.3, 0.4) is 0 Å². The van der Waals surface area contributed by atoms with Crippen molar-refractivity contribution in [3.63, 3.8) is 0 Å². The van der Waals surface area contributed by atoms with Gasteiger partial charge in [0.2, 0.25) is 23.5 Å². The summed E-state index contributed by atoms with van der Waals surface area (Å²) in [6, 6.07) is -2.17. The molecule has 3 amide bonds. The molecule has 19 heteroatoms. The Morgan fingerprint density at radius 1 is 1.02 bits per heavy atom. The number of amides is 3. The van der Waals surface area contributed by atoms with Gasteiger partial charge in [-0.2, -0.15) is 0 Å². The third-order valence-electron chi connectivity index (χ3n) is 6.54. The Kier molecular flexibility index (Phi) is 18.7. The summed E-state index contributed by atoms with van der Waals surface area (Å²) < 4.78 is 33.4. The van der Waals surface area contributed by atoms with Gasteiger partial charge in [0.15, 0.2) is 12.1 Å². The Bertz CT molecular complexity index is 1030. The number of ether oxygens (including phenoxy) is 6. The number of guanidine groups is 1.